The highest BCUT2D eigenvalue weighted by atomic mass is 35.5. The highest BCUT2D eigenvalue weighted by Gasteiger charge is 2.25. The second kappa shape index (κ2) is 6.54. The van der Waals surface area contributed by atoms with Crippen LogP contribution in [0.4, 0.5) is 5.69 Å². The smallest absolute Gasteiger partial charge is 0.268 e. The van der Waals surface area contributed by atoms with Crippen LogP contribution in [0.1, 0.15) is 22.2 Å². The zero-order valence-electron chi connectivity index (χ0n) is 13.7. The third-order valence-corrected chi connectivity index (χ3v) is 5.65. The summed E-state index contributed by atoms with van der Waals surface area (Å²) >= 11 is 7.61. The molecule has 3 aromatic rings. The van der Waals surface area contributed by atoms with Gasteiger partial charge in [0.05, 0.1) is 4.88 Å². The van der Waals surface area contributed by atoms with Crippen molar-refractivity contribution in [1.82, 2.24) is 0 Å². The normalized spacial score (nSPS) is 12.1. The molecule has 1 aliphatic rings. The predicted octanol–water partition coefficient (Wildman–Crippen LogP) is 5.63. The van der Waals surface area contributed by atoms with Gasteiger partial charge in [0.15, 0.2) is 0 Å². The van der Waals surface area contributed by atoms with E-state index in [4.69, 9.17) is 16.3 Å². The van der Waals surface area contributed by atoms with Crippen LogP contribution in [0.2, 0.25) is 5.02 Å². The van der Waals surface area contributed by atoms with Gasteiger partial charge in [0.2, 0.25) is 0 Å². The lowest BCUT2D eigenvalue weighted by Crippen LogP contribution is -2.29. The van der Waals surface area contributed by atoms with Gasteiger partial charge in [0.1, 0.15) is 12.4 Å². The van der Waals surface area contributed by atoms with Crippen molar-refractivity contribution in [1.29, 1.82) is 0 Å². The number of thiophene rings is 1. The molecule has 0 radical (unpaired) electrons. The minimum absolute atomic E-state index is 0.0124. The Kier molecular flexibility index (Phi) is 4.24. The average molecular weight is 370 g/mol. The van der Waals surface area contributed by atoms with Crippen molar-refractivity contribution in [3.63, 3.8) is 0 Å². The van der Waals surface area contributed by atoms with Gasteiger partial charge in [-0.1, -0.05) is 29.8 Å². The second-order valence-corrected chi connectivity index (χ2v) is 7.27. The van der Waals surface area contributed by atoms with E-state index in [0.29, 0.717) is 23.1 Å². The molecule has 0 spiro atoms. The molecule has 0 saturated carbocycles. The molecule has 0 saturated heterocycles. The third kappa shape index (κ3) is 2.92. The summed E-state index contributed by atoms with van der Waals surface area (Å²) in [7, 11) is 0. The number of amides is 1. The number of fused-ring (bicyclic) bond motifs is 3. The van der Waals surface area contributed by atoms with Gasteiger partial charge in [-0.25, -0.2) is 0 Å². The molecule has 2 aromatic carbocycles. The fourth-order valence-electron chi connectivity index (χ4n) is 3.03. The number of nitrogens with zero attached hydrogens (tertiary/aromatic N) is 1. The van der Waals surface area contributed by atoms with Crippen LogP contribution < -0.4 is 9.64 Å². The Hall–Kier alpha value is -2.30. The maximum absolute atomic E-state index is 13.1. The van der Waals surface area contributed by atoms with Gasteiger partial charge in [0, 0.05) is 33.3 Å². The first kappa shape index (κ1) is 16.2. The summed E-state index contributed by atoms with van der Waals surface area (Å²) in [6.45, 7) is 3.04. The van der Waals surface area contributed by atoms with Crippen LogP contribution >= 0.6 is 22.9 Å². The molecule has 2 heterocycles. The lowest BCUT2D eigenvalue weighted by Gasteiger charge is -2.20. The summed E-state index contributed by atoms with van der Waals surface area (Å²) in [5.74, 6) is 0.861. The lowest BCUT2D eigenvalue weighted by molar-refractivity contribution is 0.0992. The molecule has 4 rings (SSSR count). The van der Waals surface area contributed by atoms with Crippen LogP contribution in [-0.4, -0.2) is 12.5 Å². The molecule has 5 heteroatoms. The molecule has 0 unspecified atom stereocenters. The summed E-state index contributed by atoms with van der Waals surface area (Å²) in [5.41, 5.74) is 2.93. The number of para-hydroxylation sites is 1. The topological polar surface area (TPSA) is 29.5 Å². The number of carbonyl (C=O) groups excluding carboxylic acids is 1. The fraction of sp³-hybridized carbons (Fsp3) is 0.150. The Morgan fingerprint density at radius 3 is 2.84 bits per heavy atom. The van der Waals surface area contributed by atoms with Crippen molar-refractivity contribution >= 4 is 34.5 Å². The van der Waals surface area contributed by atoms with Crippen LogP contribution in [0.3, 0.4) is 0 Å². The standard InChI is InChI=1S/C20H16ClNO2S/c1-2-22(15-7-5-6-14(21)11-15)20(23)18-10-13-12-24-17-9-4-3-8-16(17)19(13)25-18/h3-11H,2,12H2,1H3. The number of carbonyl (C=O) groups is 1. The highest BCUT2D eigenvalue weighted by Crippen LogP contribution is 2.42. The largest absolute Gasteiger partial charge is 0.488 e. The van der Waals surface area contributed by atoms with Crippen molar-refractivity contribution in [2.24, 2.45) is 0 Å². The van der Waals surface area contributed by atoms with E-state index in [0.717, 1.165) is 27.4 Å². The number of benzene rings is 2. The first-order valence-electron chi connectivity index (χ1n) is 8.09. The van der Waals surface area contributed by atoms with E-state index in [1.165, 1.54) is 11.3 Å². The maximum atomic E-state index is 13.1. The van der Waals surface area contributed by atoms with Gasteiger partial charge in [-0.05, 0) is 43.3 Å². The van der Waals surface area contributed by atoms with Crippen molar-refractivity contribution < 1.29 is 9.53 Å². The zero-order chi connectivity index (χ0) is 17.4. The van der Waals surface area contributed by atoms with E-state index >= 15 is 0 Å². The van der Waals surface area contributed by atoms with E-state index in [1.807, 2.05) is 61.5 Å². The number of anilines is 1. The number of rotatable bonds is 3. The van der Waals surface area contributed by atoms with Crippen molar-refractivity contribution in [2.45, 2.75) is 13.5 Å². The van der Waals surface area contributed by atoms with E-state index in [-0.39, 0.29) is 5.91 Å². The summed E-state index contributed by atoms with van der Waals surface area (Å²) in [5, 5.41) is 0.622. The van der Waals surface area contributed by atoms with Crippen molar-refractivity contribution in [3.8, 4) is 16.2 Å². The molecule has 0 atom stereocenters. The molecule has 0 fully saturated rings. The fourth-order valence-corrected chi connectivity index (χ4v) is 4.36. The van der Waals surface area contributed by atoms with Crippen LogP contribution in [0, 0.1) is 0 Å². The maximum Gasteiger partial charge on any atom is 0.268 e. The molecule has 1 aromatic heterocycles. The Bertz CT molecular complexity index is 950. The highest BCUT2D eigenvalue weighted by molar-refractivity contribution is 7.17. The average Bonchev–Trinajstić information content (AvgIpc) is 3.07. The van der Waals surface area contributed by atoms with E-state index in [1.54, 1.807) is 4.90 Å². The molecule has 0 aliphatic carbocycles. The van der Waals surface area contributed by atoms with Gasteiger partial charge in [-0.2, -0.15) is 0 Å². The first-order chi connectivity index (χ1) is 12.2. The Labute approximate surface area is 155 Å². The first-order valence-corrected chi connectivity index (χ1v) is 9.29. The summed E-state index contributed by atoms with van der Waals surface area (Å²) in [6.07, 6.45) is 0. The van der Waals surface area contributed by atoms with E-state index in [2.05, 4.69) is 0 Å². The molecule has 0 N–H and O–H groups in total. The molecular formula is C20H16ClNO2S. The molecule has 126 valence electrons. The van der Waals surface area contributed by atoms with Gasteiger partial charge in [-0.3, -0.25) is 4.79 Å². The minimum atomic E-state index is -0.0124. The number of ether oxygens (including phenoxy) is 1. The minimum Gasteiger partial charge on any atom is -0.488 e. The molecule has 0 bridgehead atoms. The number of hydrogen-bond acceptors (Lipinski definition) is 3. The SMILES string of the molecule is CCN(C(=O)c1cc2c(s1)-c1ccccc1OC2)c1cccc(Cl)c1. The van der Waals surface area contributed by atoms with Crippen molar-refractivity contribution in [3.05, 3.63) is 70.1 Å². The Morgan fingerprint density at radius 1 is 1.20 bits per heavy atom. The Morgan fingerprint density at radius 2 is 2.04 bits per heavy atom. The van der Waals surface area contributed by atoms with E-state index < -0.39 is 0 Å². The second-order valence-electron chi connectivity index (χ2n) is 5.78. The van der Waals surface area contributed by atoms with Crippen LogP contribution in [-0.2, 0) is 6.61 Å². The summed E-state index contributed by atoms with van der Waals surface area (Å²) < 4.78 is 5.79. The monoisotopic (exact) mass is 369 g/mol. The van der Waals surface area contributed by atoms with Crippen molar-refractivity contribution in [2.75, 3.05) is 11.4 Å². The van der Waals surface area contributed by atoms with Crippen LogP contribution in [0.25, 0.3) is 10.4 Å². The van der Waals surface area contributed by atoms with E-state index in [9.17, 15) is 4.79 Å². The lowest BCUT2D eigenvalue weighted by atomic mass is 10.1. The predicted molar refractivity (Wildman–Crippen MR) is 103 cm³/mol. The van der Waals surface area contributed by atoms with Gasteiger partial charge < -0.3 is 9.64 Å². The summed E-state index contributed by atoms with van der Waals surface area (Å²) in [6, 6.07) is 17.3. The third-order valence-electron chi connectivity index (χ3n) is 4.22. The van der Waals surface area contributed by atoms with Gasteiger partial charge in [0.25, 0.3) is 5.91 Å². The molecular weight excluding hydrogens is 354 g/mol. The van der Waals surface area contributed by atoms with Gasteiger partial charge >= 0.3 is 0 Å². The number of halogens is 1. The quantitative estimate of drug-likeness (QED) is 0.599. The van der Waals surface area contributed by atoms with Crippen LogP contribution in [0.15, 0.2) is 54.6 Å². The molecule has 3 nitrogen and oxygen atoms in total. The molecule has 1 amide bonds. The number of hydrogen-bond donors (Lipinski definition) is 0. The zero-order valence-corrected chi connectivity index (χ0v) is 15.2. The van der Waals surface area contributed by atoms with Gasteiger partial charge in [-0.15, -0.1) is 11.3 Å². The molecule has 25 heavy (non-hydrogen) atoms. The molecule has 1 aliphatic heterocycles. The Balaban J connectivity index is 1.71. The summed E-state index contributed by atoms with van der Waals surface area (Å²) in [4.78, 5) is 16.6. The van der Waals surface area contributed by atoms with Crippen LogP contribution in [0.5, 0.6) is 5.75 Å².